The molecule has 1 radical (unpaired) electrons. The maximum Gasteiger partial charge on any atom is 0.140 e. The molecular weight excluding hydrogens is 150 g/mol. The van der Waals surface area contributed by atoms with E-state index in [2.05, 4.69) is 11.1 Å². The van der Waals surface area contributed by atoms with Gasteiger partial charge in [-0.05, 0) is 13.0 Å². The van der Waals surface area contributed by atoms with Crippen molar-refractivity contribution >= 4 is 11.6 Å². The highest BCUT2D eigenvalue weighted by atomic mass is 35.5. The SMILES string of the molecule is CCOc1[c]c(Cl)ncc1. The molecular formula is C7H7ClNO. The average Bonchev–Trinajstić information content (AvgIpc) is 1.88. The summed E-state index contributed by atoms with van der Waals surface area (Å²) in [6, 6.07) is 4.46. The van der Waals surface area contributed by atoms with Crippen molar-refractivity contribution < 1.29 is 4.74 Å². The summed E-state index contributed by atoms with van der Waals surface area (Å²) in [6.45, 7) is 2.53. The number of hydrogen-bond acceptors (Lipinski definition) is 2. The molecule has 0 atom stereocenters. The van der Waals surface area contributed by atoms with Crippen LogP contribution in [-0.2, 0) is 0 Å². The fourth-order valence-electron chi connectivity index (χ4n) is 0.586. The van der Waals surface area contributed by atoms with E-state index in [1.807, 2.05) is 6.92 Å². The van der Waals surface area contributed by atoms with Crippen LogP contribution in [0.2, 0.25) is 5.15 Å². The van der Waals surface area contributed by atoms with Crippen LogP contribution in [0.3, 0.4) is 0 Å². The van der Waals surface area contributed by atoms with Gasteiger partial charge in [0.05, 0.1) is 12.7 Å². The molecule has 10 heavy (non-hydrogen) atoms. The highest BCUT2D eigenvalue weighted by molar-refractivity contribution is 6.29. The fraction of sp³-hybridized carbons (Fsp3) is 0.286. The minimum absolute atomic E-state index is 0.339. The zero-order chi connectivity index (χ0) is 7.40. The lowest BCUT2D eigenvalue weighted by Crippen LogP contribution is -1.91. The van der Waals surface area contributed by atoms with E-state index in [9.17, 15) is 0 Å². The third-order valence-corrected chi connectivity index (χ3v) is 1.13. The van der Waals surface area contributed by atoms with Crippen LogP contribution < -0.4 is 4.74 Å². The summed E-state index contributed by atoms with van der Waals surface area (Å²) < 4.78 is 5.11. The molecule has 0 amide bonds. The van der Waals surface area contributed by atoms with Crippen molar-refractivity contribution in [3.63, 3.8) is 0 Å². The largest absolute Gasteiger partial charge is 0.493 e. The minimum Gasteiger partial charge on any atom is -0.493 e. The maximum atomic E-state index is 5.53. The normalized spacial score (nSPS) is 9.40. The van der Waals surface area contributed by atoms with Crippen molar-refractivity contribution in [3.05, 3.63) is 23.5 Å². The second-order valence-corrected chi connectivity index (χ2v) is 2.02. The molecule has 0 aliphatic rings. The first-order chi connectivity index (χ1) is 4.83. The Morgan fingerprint density at radius 3 is 3.20 bits per heavy atom. The maximum absolute atomic E-state index is 5.53. The lowest BCUT2D eigenvalue weighted by molar-refractivity contribution is 0.339. The van der Waals surface area contributed by atoms with Gasteiger partial charge in [0.2, 0.25) is 0 Å². The van der Waals surface area contributed by atoms with Gasteiger partial charge in [0.1, 0.15) is 10.9 Å². The van der Waals surface area contributed by atoms with Gasteiger partial charge in [-0.3, -0.25) is 0 Å². The molecule has 0 N–H and O–H groups in total. The zero-order valence-electron chi connectivity index (χ0n) is 5.60. The van der Waals surface area contributed by atoms with E-state index in [4.69, 9.17) is 16.3 Å². The monoisotopic (exact) mass is 156 g/mol. The summed E-state index contributed by atoms with van der Waals surface area (Å²) in [7, 11) is 0. The molecule has 0 unspecified atom stereocenters. The molecule has 1 aromatic rings. The first-order valence-electron chi connectivity index (χ1n) is 2.99. The first kappa shape index (κ1) is 7.35. The molecule has 53 valence electrons. The van der Waals surface area contributed by atoms with Crippen molar-refractivity contribution in [2.24, 2.45) is 0 Å². The van der Waals surface area contributed by atoms with Crippen molar-refractivity contribution in [1.82, 2.24) is 4.98 Å². The van der Waals surface area contributed by atoms with Crippen LogP contribution in [0.1, 0.15) is 6.92 Å². The summed E-state index contributed by atoms with van der Waals surface area (Å²) >= 11 is 5.53. The van der Waals surface area contributed by atoms with Crippen molar-refractivity contribution in [2.75, 3.05) is 6.61 Å². The van der Waals surface area contributed by atoms with Crippen molar-refractivity contribution in [2.45, 2.75) is 6.92 Å². The number of halogens is 1. The number of ether oxygens (including phenoxy) is 1. The van der Waals surface area contributed by atoms with E-state index in [-0.39, 0.29) is 0 Å². The van der Waals surface area contributed by atoms with Crippen molar-refractivity contribution in [1.29, 1.82) is 0 Å². The Balaban J connectivity index is 2.75. The van der Waals surface area contributed by atoms with E-state index in [0.29, 0.717) is 17.5 Å². The van der Waals surface area contributed by atoms with Crippen LogP contribution in [0.15, 0.2) is 12.3 Å². The topological polar surface area (TPSA) is 22.1 Å². The lowest BCUT2D eigenvalue weighted by Gasteiger charge is -1.99. The molecule has 0 fully saturated rings. The molecule has 2 nitrogen and oxygen atoms in total. The standard InChI is InChI=1S/C7H7ClNO/c1-2-10-6-3-4-9-7(8)5-6/h3-4H,2H2,1H3. The van der Waals surface area contributed by atoms with Gasteiger partial charge in [-0.1, -0.05) is 11.6 Å². The average molecular weight is 157 g/mol. The Labute approximate surface area is 64.8 Å². The number of hydrogen-bond donors (Lipinski definition) is 0. The molecule has 0 aliphatic carbocycles. The van der Waals surface area contributed by atoms with Gasteiger partial charge < -0.3 is 4.74 Å². The predicted molar refractivity (Wildman–Crippen MR) is 39.3 cm³/mol. The van der Waals surface area contributed by atoms with E-state index >= 15 is 0 Å². The van der Waals surface area contributed by atoms with Crippen LogP contribution in [0.4, 0.5) is 0 Å². The predicted octanol–water partition coefficient (Wildman–Crippen LogP) is 1.93. The third-order valence-electron chi connectivity index (χ3n) is 0.940. The van der Waals surface area contributed by atoms with Crippen LogP contribution in [0, 0.1) is 6.07 Å². The highest BCUT2D eigenvalue weighted by Crippen LogP contribution is 2.12. The number of aromatic nitrogens is 1. The molecule has 0 aromatic carbocycles. The number of nitrogens with zero attached hydrogens (tertiary/aromatic N) is 1. The van der Waals surface area contributed by atoms with Gasteiger partial charge in [-0.15, -0.1) is 0 Å². The molecule has 1 aromatic heterocycles. The van der Waals surface area contributed by atoms with E-state index < -0.39 is 0 Å². The molecule has 0 saturated heterocycles. The first-order valence-corrected chi connectivity index (χ1v) is 3.37. The molecule has 1 heterocycles. The molecule has 0 spiro atoms. The number of rotatable bonds is 2. The second-order valence-electron chi connectivity index (χ2n) is 1.66. The van der Waals surface area contributed by atoms with Gasteiger partial charge in [0.15, 0.2) is 0 Å². The molecule has 3 heteroatoms. The van der Waals surface area contributed by atoms with Gasteiger partial charge in [0.25, 0.3) is 0 Å². The number of pyridine rings is 1. The summed E-state index contributed by atoms with van der Waals surface area (Å²) in [4.78, 5) is 3.75. The van der Waals surface area contributed by atoms with E-state index in [1.165, 1.54) is 0 Å². The summed E-state index contributed by atoms with van der Waals surface area (Å²) in [5.74, 6) is 0.641. The Kier molecular flexibility index (Phi) is 2.51. The van der Waals surface area contributed by atoms with Crippen LogP contribution in [-0.4, -0.2) is 11.6 Å². The summed E-state index contributed by atoms with van der Waals surface area (Å²) in [5, 5.41) is 0.339. The molecule has 0 aliphatic heterocycles. The fourth-order valence-corrected chi connectivity index (χ4v) is 0.735. The van der Waals surface area contributed by atoms with Crippen LogP contribution in [0.25, 0.3) is 0 Å². The van der Waals surface area contributed by atoms with Gasteiger partial charge in [0, 0.05) is 6.20 Å². The third kappa shape index (κ3) is 1.88. The highest BCUT2D eigenvalue weighted by Gasteiger charge is 1.92. The van der Waals surface area contributed by atoms with Gasteiger partial charge >= 0.3 is 0 Å². The Morgan fingerprint density at radius 1 is 1.80 bits per heavy atom. The Bertz CT molecular complexity index is 215. The Morgan fingerprint density at radius 2 is 2.60 bits per heavy atom. The summed E-state index contributed by atoms with van der Waals surface area (Å²) in [5.41, 5.74) is 0. The Hall–Kier alpha value is -0.760. The van der Waals surface area contributed by atoms with Crippen LogP contribution >= 0.6 is 11.6 Å². The van der Waals surface area contributed by atoms with Crippen molar-refractivity contribution in [3.8, 4) is 5.75 Å². The summed E-state index contributed by atoms with van der Waals surface area (Å²) in [6.07, 6.45) is 1.59. The molecule has 0 saturated carbocycles. The quantitative estimate of drug-likeness (QED) is 0.611. The molecule has 0 bridgehead atoms. The van der Waals surface area contributed by atoms with E-state index in [0.717, 1.165) is 0 Å². The smallest absolute Gasteiger partial charge is 0.140 e. The van der Waals surface area contributed by atoms with E-state index in [1.54, 1.807) is 12.3 Å². The van der Waals surface area contributed by atoms with Gasteiger partial charge in [-0.25, -0.2) is 4.98 Å². The zero-order valence-corrected chi connectivity index (χ0v) is 6.35. The molecule has 1 rings (SSSR count). The second kappa shape index (κ2) is 3.42. The van der Waals surface area contributed by atoms with Crippen LogP contribution in [0.5, 0.6) is 5.75 Å². The lowest BCUT2D eigenvalue weighted by atomic mass is 10.4. The van der Waals surface area contributed by atoms with Gasteiger partial charge in [-0.2, -0.15) is 0 Å². The minimum atomic E-state index is 0.339.